The number of aliphatic hydroxyl groups excluding tert-OH is 1. The maximum absolute atomic E-state index is 12.7. The number of methoxy groups -OCH3 is 1. The third kappa shape index (κ3) is 3.51. The molecular formula is C11H12ClF3O2. The summed E-state index contributed by atoms with van der Waals surface area (Å²) in [4.78, 5) is 0. The zero-order valence-corrected chi connectivity index (χ0v) is 10.1. The van der Waals surface area contributed by atoms with Gasteiger partial charge in [-0.05, 0) is 31.0 Å². The van der Waals surface area contributed by atoms with E-state index in [9.17, 15) is 13.2 Å². The lowest BCUT2D eigenvalue weighted by Crippen LogP contribution is -2.11. The van der Waals surface area contributed by atoms with Crippen molar-refractivity contribution < 1.29 is 23.0 Å². The molecule has 0 amide bonds. The largest absolute Gasteiger partial charge is 0.495 e. The van der Waals surface area contributed by atoms with Gasteiger partial charge >= 0.3 is 6.18 Å². The Morgan fingerprint density at radius 3 is 2.41 bits per heavy atom. The van der Waals surface area contributed by atoms with Crippen LogP contribution in [0.15, 0.2) is 12.1 Å². The molecule has 0 spiro atoms. The average Bonchev–Trinajstić information content (AvgIpc) is 2.14. The number of halogens is 4. The second-order valence-electron chi connectivity index (χ2n) is 3.71. The Kier molecular flexibility index (Phi) is 4.27. The molecule has 0 aliphatic rings. The van der Waals surface area contributed by atoms with Crippen LogP contribution in [0, 0.1) is 0 Å². The van der Waals surface area contributed by atoms with Crippen molar-refractivity contribution in [3.8, 4) is 5.75 Å². The molecule has 17 heavy (non-hydrogen) atoms. The fraction of sp³-hybridized carbons (Fsp3) is 0.455. The first-order chi connectivity index (χ1) is 7.75. The Hall–Kier alpha value is -0.940. The lowest BCUT2D eigenvalue weighted by Gasteiger charge is -2.15. The molecular weight excluding hydrogens is 257 g/mol. The number of ether oxygens (including phenoxy) is 1. The highest BCUT2D eigenvalue weighted by Gasteiger charge is 2.35. The Bertz CT molecular complexity index is 402. The van der Waals surface area contributed by atoms with Gasteiger partial charge in [-0.15, -0.1) is 0 Å². The maximum Gasteiger partial charge on any atom is 0.420 e. The van der Waals surface area contributed by atoms with Crippen molar-refractivity contribution in [2.45, 2.75) is 25.6 Å². The highest BCUT2D eigenvalue weighted by molar-refractivity contribution is 6.32. The van der Waals surface area contributed by atoms with Crippen molar-refractivity contribution >= 4 is 11.6 Å². The molecule has 1 aromatic rings. The van der Waals surface area contributed by atoms with Crippen molar-refractivity contribution in [3.63, 3.8) is 0 Å². The van der Waals surface area contributed by atoms with Crippen LogP contribution < -0.4 is 4.74 Å². The lowest BCUT2D eigenvalue weighted by atomic mass is 10.0. The predicted octanol–water partition coefficient (Wildman–Crippen LogP) is 3.29. The van der Waals surface area contributed by atoms with Crippen molar-refractivity contribution in [2.24, 2.45) is 0 Å². The Morgan fingerprint density at radius 1 is 1.41 bits per heavy atom. The molecule has 1 rings (SSSR count). The number of benzene rings is 1. The number of hydrogen-bond donors (Lipinski definition) is 1. The normalized spacial score (nSPS) is 13.6. The second-order valence-corrected chi connectivity index (χ2v) is 4.12. The molecule has 6 heteroatoms. The summed E-state index contributed by atoms with van der Waals surface area (Å²) in [6.45, 7) is 1.49. The van der Waals surface area contributed by atoms with Gasteiger partial charge in [-0.1, -0.05) is 11.6 Å². The zero-order chi connectivity index (χ0) is 13.2. The van der Waals surface area contributed by atoms with Gasteiger partial charge in [0, 0.05) is 0 Å². The first-order valence-electron chi connectivity index (χ1n) is 4.87. The van der Waals surface area contributed by atoms with Crippen molar-refractivity contribution in [1.82, 2.24) is 0 Å². The van der Waals surface area contributed by atoms with Crippen LogP contribution in [0.1, 0.15) is 18.1 Å². The molecule has 96 valence electrons. The molecule has 0 bridgehead atoms. The van der Waals surface area contributed by atoms with E-state index >= 15 is 0 Å². The van der Waals surface area contributed by atoms with Crippen molar-refractivity contribution in [1.29, 1.82) is 0 Å². The quantitative estimate of drug-likeness (QED) is 0.911. The Morgan fingerprint density at radius 2 is 2.00 bits per heavy atom. The molecule has 0 fully saturated rings. The standard InChI is InChI=1S/C11H12ClF3O2/c1-6(16)3-7-4-8(11(13,14)15)10(17-2)9(12)5-7/h4-6,16H,3H2,1-2H3. The van der Waals surface area contributed by atoms with Crippen LogP contribution in [-0.2, 0) is 12.6 Å². The van der Waals surface area contributed by atoms with E-state index in [1.165, 1.54) is 13.0 Å². The van der Waals surface area contributed by atoms with Crippen molar-refractivity contribution in [2.75, 3.05) is 7.11 Å². The van der Waals surface area contributed by atoms with Crippen molar-refractivity contribution in [3.05, 3.63) is 28.3 Å². The smallest absolute Gasteiger partial charge is 0.420 e. The summed E-state index contributed by atoms with van der Waals surface area (Å²) in [6, 6.07) is 2.31. The number of aliphatic hydroxyl groups is 1. The molecule has 1 aromatic carbocycles. The van der Waals surface area contributed by atoms with Gasteiger partial charge in [0.1, 0.15) is 5.75 Å². The minimum atomic E-state index is -4.54. The van der Waals surface area contributed by atoms with E-state index in [0.717, 1.165) is 13.2 Å². The topological polar surface area (TPSA) is 29.5 Å². The van der Waals surface area contributed by atoms with E-state index in [2.05, 4.69) is 4.74 Å². The number of hydrogen-bond acceptors (Lipinski definition) is 2. The summed E-state index contributed by atoms with van der Waals surface area (Å²) >= 11 is 5.72. The molecule has 0 radical (unpaired) electrons. The van der Waals surface area contributed by atoms with Crippen LogP contribution >= 0.6 is 11.6 Å². The van der Waals surface area contributed by atoms with Crippen LogP contribution in [0.3, 0.4) is 0 Å². The average molecular weight is 269 g/mol. The first-order valence-corrected chi connectivity index (χ1v) is 5.25. The molecule has 0 heterocycles. The van der Waals surface area contributed by atoms with Crippen LogP contribution in [0.2, 0.25) is 5.02 Å². The molecule has 0 saturated carbocycles. The molecule has 1 unspecified atom stereocenters. The van der Waals surface area contributed by atoms with Crippen LogP contribution in [0.25, 0.3) is 0 Å². The van der Waals surface area contributed by atoms with Gasteiger partial charge in [0.15, 0.2) is 0 Å². The summed E-state index contributed by atoms with van der Waals surface area (Å²) < 4.78 is 42.8. The third-order valence-electron chi connectivity index (χ3n) is 2.14. The van der Waals surface area contributed by atoms with Gasteiger partial charge < -0.3 is 9.84 Å². The second kappa shape index (κ2) is 5.14. The number of rotatable bonds is 3. The molecule has 0 aromatic heterocycles. The molecule has 0 aliphatic heterocycles. The van der Waals surface area contributed by atoms with Gasteiger partial charge in [0.05, 0.1) is 23.8 Å². The summed E-state index contributed by atoms with van der Waals surface area (Å²) in [7, 11) is 1.13. The summed E-state index contributed by atoms with van der Waals surface area (Å²) in [5, 5.41) is 9.05. The Balaban J connectivity index is 3.29. The van der Waals surface area contributed by atoms with Crippen LogP contribution in [0.5, 0.6) is 5.75 Å². The van der Waals surface area contributed by atoms with Gasteiger partial charge in [0.25, 0.3) is 0 Å². The Labute approximate surface area is 102 Å². The molecule has 0 saturated heterocycles. The number of alkyl halides is 3. The first kappa shape index (κ1) is 14.1. The fourth-order valence-corrected chi connectivity index (χ4v) is 1.85. The monoisotopic (exact) mass is 268 g/mol. The van der Waals surface area contributed by atoms with Gasteiger partial charge in [-0.3, -0.25) is 0 Å². The van der Waals surface area contributed by atoms with Gasteiger partial charge in [0.2, 0.25) is 0 Å². The molecule has 1 N–H and O–H groups in total. The van der Waals surface area contributed by atoms with E-state index in [1.807, 2.05) is 0 Å². The zero-order valence-electron chi connectivity index (χ0n) is 9.31. The molecule has 1 atom stereocenters. The molecule has 2 nitrogen and oxygen atoms in total. The minimum Gasteiger partial charge on any atom is -0.495 e. The summed E-state index contributed by atoms with van der Waals surface area (Å²) in [5.41, 5.74) is -0.610. The predicted molar refractivity (Wildman–Crippen MR) is 58.4 cm³/mol. The van der Waals surface area contributed by atoms with E-state index in [0.29, 0.717) is 5.56 Å². The van der Waals surface area contributed by atoms with E-state index in [4.69, 9.17) is 16.7 Å². The summed E-state index contributed by atoms with van der Waals surface area (Å²) in [6.07, 6.45) is -5.17. The van der Waals surface area contributed by atoms with Crippen LogP contribution in [-0.4, -0.2) is 18.3 Å². The van der Waals surface area contributed by atoms with E-state index < -0.39 is 23.6 Å². The SMILES string of the molecule is COc1c(Cl)cc(CC(C)O)cc1C(F)(F)F. The lowest BCUT2D eigenvalue weighted by molar-refractivity contribution is -0.138. The van der Waals surface area contributed by atoms with Gasteiger partial charge in [-0.2, -0.15) is 13.2 Å². The fourth-order valence-electron chi connectivity index (χ4n) is 1.53. The molecule has 0 aliphatic carbocycles. The minimum absolute atomic E-state index is 0.104. The summed E-state index contributed by atoms with van der Waals surface area (Å²) in [5.74, 6) is -0.395. The highest BCUT2D eigenvalue weighted by atomic mass is 35.5. The van der Waals surface area contributed by atoms with Gasteiger partial charge in [-0.25, -0.2) is 0 Å². The van der Waals surface area contributed by atoms with Crippen LogP contribution in [0.4, 0.5) is 13.2 Å². The maximum atomic E-state index is 12.7. The van der Waals surface area contributed by atoms with E-state index in [1.54, 1.807) is 0 Å². The third-order valence-corrected chi connectivity index (χ3v) is 2.42. The highest BCUT2D eigenvalue weighted by Crippen LogP contribution is 2.41. The van der Waals surface area contributed by atoms with E-state index in [-0.39, 0.29) is 11.4 Å².